The molecule has 2 heterocycles. The van der Waals surface area contributed by atoms with Gasteiger partial charge in [-0.25, -0.2) is 0 Å². The molecule has 0 spiro atoms. The summed E-state index contributed by atoms with van der Waals surface area (Å²) in [5.74, 6) is 0.984. The van der Waals surface area contributed by atoms with Crippen molar-refractivity contribution in [1.82, 2.24) is 10.2 Å². The highest BCUT2D eigenvalue weighted by Crippen LogP contribution is 2.41. The van der Waals surface area contributed by atoms with Crippen LogP contribution in [0.4, 0.5) is 0 Å². The lowest BCUT2D eigenvalue weighted by Crippen LogP contribution is -2.57. The zero-order valence-corrected chi connectivity index (χ0v) is 12.2. The highest BCUT2D eigenvalue weighted by atomic mass is 16.5. The first-order valence-corrected chi connectivity index (χ1v) is 7.78. The summed E-state index contributed by atoms with van der Waals surface area (Å²) in [4.78, 5) is 26.7. The third-order valence-corrected chi connectivity index (χ3v) is 4.95. The minimum absolute atomic E-state index is 0.0160. The molecule has 2 aliphatic heterocycles. The maximum absolute atomic E-state index is 12.8. The number of nitrogens with zero attached hydrogens (tertiary/aromatic N) is 1. The smallest absolute Gasteiger partial charge is 0.248 e. The molecule has 112 valence electrons. The van der Waals surface area contributed by atoms with Crippen LogP contribution in [0.2, 0.25) is 0 Å². The fourth-order valence-corrected chi connectivity index (χ4v) is 3.42. The second-order valence-corrected chi connectivity index (χ2v) is 6.58. The Labute approximate surface area is 120 Å². The minimum Gasteiger partial charge on any atom is -0.381 e. The highest BCUT2D eigenvalue weighted by molar-refractivity contribution is 5.93. The molecule has 0 aromatic carbocycles. The largest absolute Gasteiger partial charge is 0.381 e. The van der Waals surface area contributed by atoms with E-state index in [0.717, 1.165) is 45.4 Å². The van der Waals surface area contributed by atoms with Gasteiger partial charge in [0.2, 0.25) is 11.8 Å². The molecular weight excluding hydrogens is 256 g/mol. The molecular formula is C15H24N2O3. The normalized spacial score (nSPS) is 33.0. The molecule has 20 heavy (non-hydrogen) atoms. The minimum atomic E-state index is -0.668. The first kappa shape index (κ1) is 13.9. The topological polar surface area (TPSA) is 58.6 Å². The zero-order valence-electron chi connectivity index (χ0n) is 12.2. The van der Waals surface area contributed by atoms with Crippen molar-refractivity contribution in [3.8, 4) is 0 Å². The molecule has 3 rings (SSSR count). The van der Waals surface area contributed by atoms with Crippen molar-refractivity contribution in [2.24, 2.45) is 11.8 Å². The maximum Gasteiger partial charge on any atom is 0.248 e. The highest BCUT2D eigenvalue weighted by Gasteiger charge is 2.51. The van der Waals surface area contributed by atoms with E-state index in [-0.39, 0.29) is 11.8 Å². The van der Waals surface area contributed by atoms with Gasteiger partial charge in [0.05, 0.1) is 0 Å². The van der Waals surface area contributed by atoms with Crippen LogP contribution in [0, 0.1) is 11.8 Å². The van der Waals surface area contributed by atoms with Gasteiger partial charge in [0.15, 0.2) is 0 Å². The molecule has 1 saturated carbocycles. The van der Waals surface area contributed by atoms with E-state index in [1.807, 2.05) is 11.8 Å². The number of nitrogens with one attached hydrogen (secondary N) is 1. The number of carbonyl (C=O) groups is 2. The van der Waals surface area contributed by atoms with Crippen LogP contribution in [-0.2, 0) is 14.3 Å². The van der Waals surface area contributed by atoms with E-state index in [2.05, 4.69) is 5.32 Å². The second-order valence-electron chi connectivity index (χ2n) is 6.58. The summed E-state index contributed by atoms with van der Waals surface area (Å²) < 4.78 is 5.38. The van der Waals surface area contributed by atoms with Gasteiger partial charge in [-0.3, -0.25) is 9.59 Å². The van der Waals surface area contributed by atoms with Crippen molar-refractivity contribution in [2.45, 2.75) is 44.6 Å². The van der Waals surface area contributed by atoms with Crippen LogP contribution in [0.5, 0.6) is 0 Å². The number of amides is 2. The molecule has 0 radical (unpaired) electrons. The van der Waals surface area contributed by atoms with Gasteiger partial charge in [-0.15, -0.1) is 0 Å². The van der Waals surface area contributed by atoms with Crippen LogP contribution in [-0.4, -0.2) is 48.6 Å². The summed E-state index contributed by atoms with van der Waals surface area (Å²) in [6.45, 7) is 4.84. The van der Waals surface area contributed by atoms with Crippen LogP contribution < -0.4 is 5.32 Å². The number of carbonyl (C=O) groups excluding carboxylic acids is 2. The van der Waals surface area contributed by atoms with E-state index in [1.54, 1.807) is 0 Å². The van der Waals surface area contributed by atoms with Gasteiger partial charge in [-0.1, -0.05) is 0 Å². The molecule has 3 fully saturated rings. The number of ether oxygens (including phenoxy) is 1. The van der Waals surface area contributed by atoms with E-state index < -0.39 is 5.54 Å². The molecule has 1 atom stereocenters. The van der Waals surface area contributed by atoms with Crippen molar-refractivity contribution in [3.05, 3.63) is 0 Å². The fraction of sp³-hybridized carbons (Fsp3) is 0.867. The first-order valence-electron chi connectivity index (χ1n) is 7.78. The average molecular weight is 280 g/mol. The molecule has 0 aromatic heterocycles. The molecule has 2 amide bonds. The summed E-state index contributed by atoms with van der Waals surface area (Å²) in [6, 6.07) is 0. The summed E-state index contributed by atoms with van der Waals surface area (Å²) >= 11 is 0. The molecule has 0 aromatic rings. The number of hydrogen-bond acceptors (Lipinski definition) is 3. The van der Waals surface area contributed by atoms with Crippen molar-refractivity contribution >= 4 is 11.8 Å². The third kappa shape index (κ3) is 2.68. The molecule has 5 nitrogen and oxygen atoms in total. The lowest BCUT2D eigenvalue weighted by Gasteiger charge is -2.35. The van der Waals surface area contributed by atoms with Crippen molar-refractivity contribution in [1.29, 1.82) is 0 Å². The number of rotatable bonds is 3. The first-order chi connectivity index (χ1) is 9.59. The monoisotopic (exact) mass is 280 g/mol. The van der Waals surface area contributed by atoms with Crippen LogP contribution in [0.3, 0.4) is 0 Å². The molecule has 1 aliphatic carbocycles. The Kier molecular flexibility index (Phi) is 3.71. The molecule has 5 heteroatoms. The lowest BCUT2D eigenvalue weighted by atomic mass is 9.93. The van der Waals surface area contributed by atoms with E-state index in [1.165, 1.54) is 0 Å². The molecule has 2 saturated heterocycles. The second kappa shape index (κ2) is 5.35. The van der Waals surface area contributed by atoms with E-state index >= 15 is 0 Å². The van der Waals surface area contributed by atoms with E-state index in [0.29, 0.717) is 24.8 Å². The Morgan fingerprint density at radius 3 is 2.60 bits per heavy atom. The summed E-state index contributed by atoms with van der Waals surface area (Å²) in [5, 5.41) is 2.98. The molecule has 0 bridgehead atoms. The lowest BCUT2D eigenvalue weighted by molar-refractivity contribution is -0.140. The van der Waals surface area contributed by atoms with Gasteiger partial charge in [0.25, 0.3) is 0 Å². The summed E-state index contributed by atoms with van der Waals surface area (Å²) in [5.41, 5.74) is -0.668. The van der Waals surface area contributed by atoms with Gasteiger partial charge in [0, 0.05) is 32.7 Å². The molecule has 1 unspecified atom stereocenters. The SMILES string of the molecule is CC1(C2CC2)NC(=O)CCN(CC2CCOCC2)C1=O. The summed E-state index contributed by atoms with van der Waals surface area (Å²) in [7, 11) is 0. The Morgan fingerprint density at radius 2 is 1.95 bits per heavy atom. The summed E-state index contributed by atoms with van der Waals surface area (Å²) in [6.07, 6.45) is 4.56. The van der Waals surface area contributed by atoms with Crippen molar-refractivity contribution in [3.63, 3.8) is 0 Å². The predicted octanol–water partition coefficient (Wildman–Crippen LogP) is 0.930. The Bertz CT molecular complexity index is 402. The van der Waals surface area contributed by atoms with E-state index in [4.69, 9.17) is 4.74 Å². The van der Waals surface area contributed by atoms with Gasteiger partial charge < -0.3 is 15.0 Å². The predicted molar refractivity (Wildman–Crippen MR) is 74.0 cm³/mol. The van der Waals surface area contributed by atoms with Gasteiger partial charge >= 0.3 is 0 Å². The Hall–Kier alpha value is -1.10. The van der Waals surface area contributed by atoms with E-state index in [9.17, 15) is 9.59 Å². The Balaban J connectivity index is 1.72. The fourth-order valence-electron chi connectivity index (χ4n) is 3.42. The van der Waals surface area contributed by atoms with Crippen LogP contribution in [0.1, 0.15) is 39.0 Å². The third-order valence-electron chi connectivity index (χ3n) is 4.95. The standard InChI is InChI=1S/C15H24N2O3/c1-15(12-2-3-12)14(19)17(7-4-13(18)16-15)10-11-5-8-20-9-6-11/h11-12H,2-10H2,1H3,(H,16,18). The zero-order chi connectivity index (χ0) is 14.2. The van der Waals surface area contributed by atoms with Crippen molar-refractivity contribution in [2.75, 3.05) is 26.3 Å². The van der Waals surface area contributed by atoms with Gasteiger partial charge in [-0.2, -0.15) is 0 Å². The van der Waals surface area contributed by atoms with Crippen LogP contribution >= 0.6 is 0 Å². The molecule has 1 N–H and O–H groups in total. The Morgan fingerprint density at radius 1 is 1.25 bits per heavy atom. The van der Waals surface area contributed by atoms with Gasteiger partial charge in [-0.05, 0) is 44.4 Å². The van der Waals surface area contributed by atoms with Gasteiger partial charge in [0.1, 0.15) is 5.54 Å². The van der Waals surface area contributed by atoms with Crippen molar-refractivity contribution < 1.29 is 14.3 Å². The van der Waals surface area contributed by atoms with Crippen LogP contribution in [0.25, 0.3) is 0 Å². The maximum atomic E-state index is 12.8. The average Bonchev–Trinajstić information content (AvgIpc) is 3.28. The quantitative estimate of drug-likeness (QED) is 0.836. The molecule has 3 aliphatic rings. The number of hydrogen-bond donors (Lipinski definition) is 1. The van der Waals surface area contributed by atoms with Crippen LogP contribution in [0.15, 0.2) is 0 Å².